The van der Waals surface area contributed by atoms with E-state index in [-0.39, 0.29) is 6.61 Å². The molecule has 0 saturated carbocycles. The summed E-state index contributed by atoms with van der Waals surface area (Å²) >= 11 is 0. The van der Waals surface area contributed by atoms with E-state index in [4.69, 9.17) is 9.84 Å². The standard InChI is InChI=1S/C19H24O2.CH5N.CH4O/c1-4-5-9-21-18-10-14(2)19(15(3)11-18)17-8-6-7-16(12-17)13-20;2*1-2/h6-8,10-12,20H,4-5,9,13H2,1-3H3;2H2,1H3;2H,1H3. The largest absolute Gasteiger partial charge is 0.494 e. The summed E-state index contributed by atoms with van der Waals surface area (Å²) in [4.78, 5) is 0. The van der Waals surface area contributed by atoms with Gasteiger partial charge in [-0.25, -0.2) is 0 Å². The van der Waals surface area contributed by atoms with E-state index >= 15 is 0 Å². The van der Waals surface area contributed by atoms with Crippen molar-refractivity contribution in [2.24, 2.45) is 5.73 Å². The van der Waals surface area contributed by atoms with Gasteiger partial charge in [0.05, 0.1) is 13.2 Å². The second-order valence-electron chi connectivity index (χ2n) is 5.49. The van der Waals surface area contributed by atoms with Gasteiger partial charge in [0.2, 0.25) is 0 Å². The smallest absolute Gasteiger partial charge is 0.119 e. The molecule has 0 aromatic heterocycles. The molecule has 0 aliphatic carbocycles. The molecule has 25 heavy (non-hydrogen) atoms. The van der Waals surface area contributed by atoms with Crippen molar-refractivity contribution >= 4 is 0 Å². The second kappa shape index (κ2) is 13.4. The first-order valence-electron chi connectivity index (χ1n) is 8.62. The highest BCUT2D eigenvalue weighted by Crippen LogP contribution is 2.31. The van der Waals surface area contributed by atoms with Crippen LogP contribution in [0.5, 0.6) is 5.75 Å². The van der Waals surface area contributed by atoms with Gasteiger partial charge in [0.25, 0.3) is 0 Å². The normalized spacial score (nSPS) is 9.44. The van der Waals surface area contributed by atoms with E-state index in [1.54, 1.807) is 0 Å². The third kappa shape index (κ3) is 7.26. The number of hydrogen-bond donors (Lipinski definition) is 3. The number of aliphatic hydroxyl groups is 2. The zero-order valence-corrected chi connectivity index (χ0v) is 16.2. The summed E-state index contributed by atoms with van der Waals surface area (Å²) in [6.07, 6.45) is 2.22. The fourth-order valence-corrected chi connectivity index (χ4v) is 2.62. The van der Waals surface area contributed by atoms with Crippen LogP contribution in [-0.2, 0) is 6.61 Å². The summed E-state index contributed by atoms with van der Waals surface area (Å²) in [7, 11) is 2.50. The highest BCUT2D eigenvalue weighted by molar-refractivity contribution is 5.72. The molecule has 0 fully saturated rings. The Morgan fingerprint density at radius 1 is 1.00 bits per heavy atom. The van der Waals surface area contributed by atoms with Crippen LogP contribution in [0.25, 0.3) is 11.1 Å². The lowest BCUT2D eigenvalue weighted by molar-refractivity contribution is 0.282. The Morgan fingerprint density at radius 2 is 1.60 bits per heavy atom. The Balaban J connectivity index is 0.00000134. The Bertz CT molecular complexity index is 589. The molecule has 0 bridgehead atoms. The molecule has 0 amide bonds. The third-order valence-electron chi connectivity index (χ3n) is 3.67. The maximum atomic E-state index is 9.29. The van der Waals surface area contributed by atoms with Crippen molar-refractivity contribution in [3.63, 3.8) is 0 Å². The number of aliphatic hydroxyl groups excluding tert-OH is 2. The molecular formula is C21H33NO3. The first kappa shape index (κ1) is 23.1. The van der Waals surface area contributed by atoms with Gasteiger partial charge in [-0.3, -0.25) is 0 Å². The number of ether oxygens (including phenoxy) is 1. The van der Waals surface area contributed by atoms with Gasteiger partial charge in [-0.05, 0) is 73.3 Å². The minimum atomic E-state index is 0.0736. The quantitative estimate of drug-likeness (QED) is 0.694. The van der Waals surface area contributed by atoms with Crippen molar-refractivity contribution in [3.05, 3.63) is 53.1 Å². The lowest BCUT2D eigenvalue weighted by Crippen LogP contribution is -1.98. The molecule has 0 spiro atoms. The second-order valence-corrected chi connectivity index (χ2v) is 5.49. The SMILES string of the molecule is CCCCOc1cc(C)c(-c2cccc(CO)c2)c(C)c1.CN.CO. The van der Waals surface area contributed by atoms with Gasteiger partial charge in [0.1, 0.15) is 5.75 Å². The number of rotatable bonds is 6. The fraction of sp³-hybridized carbons (Fsp3) is 0.429. The molecule has 4 heteroatoms. The molecule has 0 heterocycles. The third-order valence-corrected chi connectivity index (χ3v) is 3.67. The molecule has 0 unspecified atom stereocenters. The van der Waals surface area contributed by atoms with Crippen molar-refractivity contribution in [2.45, 2.75) is 40.2 Å². The molecule has 2 aromatic carbocycles. The predicted molar refractivity (Wildman–Crippen MR) is 106 cm³/mol. The molecule has 0 radical (unpaired) electrons. The van der Waals surface area contributed by atoms with Crippen LogP contribution in [0.15, 0.2) is 36.4 Å². The average Bonchev–Trinajstić information content (AvgIpc) is 2.65. The van der Waals surface area contributed by atoms with Crippen molar-refractivity contribution in [3.8, 4) is 16.9 Å². The van der Waals surface area contributed by atoms with E-state index in [1.807, 2.05) is 18.2 Å². The Labute approximate surface area is 152 Å². The van der Waals surface area contributed by atoms with Crippen LogP contribution in [0, 0.1) is 13.8 Å². The molecule has 0 aliphatic heterocycles. The molecule has 2 aromatic rings. The van der Waals surface area contributed by atoms with Crippen LogP contribution in [0.3, 0.4) is 0 Å². The first-order chi connectivity index (χ1) is 12.2. The molecule has 0 aliphatic rings. The Morgan fingerprint density at radius 3 is 2.12 bits per heavy atom. The summed E-state index contributed by atoms with van der Waals surface area (Å²) in [5.74, 6) is 0.945. The number of aryl methyl sites for hydroxylation is 2. The van der Waals surface area contributed by atoms with E-state index in [0.717, 1.165) is 43.4 Å². The summed E-state index contributed by atoms with van der Waals surface area (Å²) in [5.41, 5.74) is 10.2. The van der Waals surface area contributed by atoms with Crippen LogP contribution in [0.4, 0.5) is 0 Å². The predicted octanol–water partition coefficient (Wildman–Crippen LogP) is 3.83. The highest BCUT2D eigenvalue weighted by atomic mass is 16.5. The number of nitrogens with two attached hydrogens (primary N) is 1. The Kier molecular flexibility index (Phi) is 12.4. The summed E-state index contributed by atoms with van der Waals surface area (Å²) in [6, 6.07) is 12.3. The van der Waals surface area contributed by atoms with E-state index in [9.17, 15) is 5.11 Å². The van der Waals surface area contributed by atoms with Crippen LogP contribution in [0.1, 0.15) is 36.5 Å². The maximum absolute atomic E-state index is 9.29. The minimum absolute atomic E-state index is 0.0736. The van der Waals surface area contributed by atoms with E-state index in [0.29, 0.717) is 0 Å². The molecule has 0 atom stereocenters. The number of unbranched alkanes of at least 4 members (excludes halogenated alkanes) is 1. The van der Waals surface area contributed by atoms with Crippen LogP contribution in [-0.4, -0.2) is 31.0 Å². The van der Waals surface area contributed by atoms with Gasteiger partial charge < -0.3 is 20.7 Å². The minimum Gasteiger partial charge on any atom is -0.494 e. The Hall–Kier alpha value is -1.88. The van der Waals surface area contributed by atoms with Crippen LogP contribution in [0.2, 0.25) is 0 Å². The van der Waals surface area contributed by atoms with Gasteiger partial charge >= 0.3 is 0 Å². The van der Waals surface area contributed by atoms with Crippen molar-refractivity contribution in [2.75, 3.05) is 20.8 Å². The highest BCUT2D eigenvalue weighted by Gasteiger charge is 2.09. The van der Waals surface area contributed by atoms with E-state index in [1.165, 1.54) is 23.7 Å². The molecule has 4 N–H and O–H groups in total. The van der Waals surface area contributed by atoms with Crippen LogP contribution < -0.4 is 10.5 Å². The molecule has 2 rings (SSSR count). The molecule has 140 valence electrons. The topological polar surface area (TPSA) is 75.7 Å². The van der Waals surface area contributed by atoms with Gasteiger partial charge in [0, 0.05) is 7.11 Å². The van der Waals surface area contributed by atoms with Crippen molar-refractivity contribution < 1.29 is 14.9 Å². The maximum Gasteiger partial charge on any atom is 0.119 e. The summed E-state index contributed by atoms with van der Waals surface area (Å²) in [6.45, 7) is 7.23. The molecule has 0 saturated heterocycles. The zero-order chi connectivity index (χ0) is 19.2. The van der Waals surface area contributed by atoms with Crippen molar-refractivity contribution in [1.82, 2.24) is 0 Å². The fourth-order valence-electron chi connectivity index (χ4n) is 2.62. The van der Waals surface area contributed by atoms with Gasteiger partial charge in [-0.15, -0.1) is 0 Å². The molecular weight excluding hydrogens is 314 g/mol. The lowest BCUT2D eigenvalue weighted by Gasteiger charge is -2.14. The first-order valence-corrected chi connectivity index (χ1v) is 8.62. The number of benzene rings is 2. The van der Waals surface area contributed by atoms with Gasteiger partial charge in [-0.2, -0.15) is 0 Å². The number of hydrogen-bond acceptors (Lipinski definition) is 4. The van der Waals surface area contributed by atoms with Gasteiger partial charge in [0.15, 0.2) is 0 Å². The molecule has 4 nitrogen and oxygen atoms in total. The van der Waals surface area contributed by atoms with Crippen molar-refractivity contribution in [1.29, 1.82) is 0 Å². The lowest BCUT2D eigenvalue weighted by atomic mass is 9.94. The van der Waals surface area contributed by atoms with Gasteiger partial charge in [-0.1, -0.05) is 31.5 Å². The summed E-state index contributed by atoms with van der Waals surface area (Å²) in [5, 5.41) is 16.3. The van der Waals surface area contributed by atoms with E-state index in [2.05, 4.69) is 44.7 Å². The monoisotopic (exact) mass is 347 g/mol. The van der Waals surface area contributed by atoms with E-state index < -0.39 is 0 Å². The average molecular weight is 347 g/mol. The van der Waals surface area contributed by atoms with Crippen LogP contribution >= 0.6 is 0 Å². The summed E-state index contributed by atoms with van der Waals surface area (Å²) < 4.78 is 5.80. The zero-order valence-electron chi connectivity index (χ0n) is 16.2.